The Morgan fingerprint density at radius 1 is 0.935 bits per heavy atom. The largest absolute Gasteiger partial charge is 0.493 e. The van der Waals surface area contributed by atoms with Crippen LogP contribution in [0.2, 0.25) is 0 Å². The third-order valence-corrected chi connectivity index (χ3v) is 5.64. The fourth-order valence-electron chi connectivity index (χ4n) is 3.05. The van der Waals surface area contributed by atoms with Crippen LogP contribution in [0, 0.1) is 0 Å². The monoisotopic (exact) mass is 443 g/mol. The van der Waals surface area contributed by atoms with Gasteiger partial charge in [-0.3, -0.25) is 9.69 Å². The molecule has 0 unspecified atom stereocenters. The zero-order chi connectivity index (χ0) is 22.2. The molecule has 1 aliphatic rings. The molecular formula is C22H25N3O5S. The second-order valence-electron chi connectivity index (χ2n) is 6.51. The maximum Gasteiger partial charge on any atom is 0.239 e. The van der Waals surface area contributed by atoms with E-state index in [4.69, 9.17) is 18.9 Å². The van der Waals surface area contributed by atoms with Gasteiger partial charge in [0, 0.05) is 6.54 Å². The Morgan fingerprint density at radius 2 is 1.58 bits per heavy atom. The summed E-state index contributed by atoms with van der Waals surface area (Å²) in [5.74, 6) is 2.97. The molecule has 0 bridgehead atoms. The van der Waals surface area contributed by atoms with Crippen molar-refractivity contribution < 1.29 is 23.7 Å². The molecule has 0 radical (unpaired) electrons. The summed E-state index contributed by atoms with van der Waals surface area (Å²) in [5.41, 5.74) is 1.85. The SMILES string of the molecule is COc1ccc(/C=N/N=C2/SCC(=O)N2CCc2ccc(OC)c(OC)c2)cc1OC. The molecule has 9 heteroatoms. The average molecular weight is 444 g/mol. The number of amidine groups is 1. The van der Waals surface area contributed by atoms with Crippen LogP contribution in [0.5, 0.6) is 23.0 Å². The van der Waals surface area contributed by atoms with Crippen molar-refractivity contribution in [1.29, 1.82) is 0 Å². The molecule has 3 rings (SSSR count). The van der Waals surface area contributed by atoms with E-state index in [1.807, 2.05) is 30.3 Å². The van der Waals surface area contributed by atoms with Crippen LogP contribution in [-0.2, 0) is 11.2 Å². The van der Waals surface area contributed by atoms with Crippen LogP contribution in [0.4, 0.5) is 0 Å². The maximum absolute atomic E-state index is 12.3. The van der Waals surface area contributed by atoms with Crippen molar-refractivity contribution in [2.75, 3.05) is 40.7 Å². The summed E-state index contributed by atoms with van der Waals surface area (Å²) < 4.78 is 21.1. The number of methoxy groups -OCH3 is 4. The summed E-state index contributed by atoms with van der Waals surface area (Å²) in [6.45, 7) is 0.506. The van der Waals surface area contributed by atoms with Gasteiger partial charge in [-0.25, -0.2) is 0 Å². The first-order valence-corrected chi connectivity index (χ1v) is 10.5. The van der Waals surface area contributed by atoms with Crippen LogP contribution < -0.4 is 18.9 Å². The van der Waals surface area contributed by atoms with Gasteiger partial charge in [-0.15, -0.1) is 5.10 Å². The van der Waals surface area contributed by atoms with Gasteiger partial charge in [0.1, 0.15) is 0 Å². The van der Waals surface area contributed by atoms with Gasteiger partial charge in [0.2, 0.25) is 5.91 Å². The van der Waals surface area contributed by atoms with Crippen LogP contribution in [0.3, 0.4) is 0 Å². The Bertz CT molecular complexity index is 993. The Hall–Kier alpha value is -3.20. The van der Waals surface area contributed by atoms with E-state index >= 15 is 0 Å². The summed E-state index contributed by atoms with van der Waals surface area (Å²) in [7, 11) is 6.37. The van der Waals surface area contributed by atoms with E-state index in [9.17, 15) is 4.79 Å². The summed E-state index contributed by atoms with van der Waals surface area (Å²) in [5, 5.41) is 9.00. The molecule has 0 saturated carbocycles. The number of benzene rings is 2. The molecule has 0 N–H and O–H groups in total. The number of carbonyl (C=O) groups excluding carboxylic acids is 1. The molecule has 2 aromatic carbocycles. The zero-order valence-electron chi connectivity index (χ0n) is 18.0. The number of rotatable bonds is 9. The van der Waals surface area contributed by atoms with Crippen molar-refractivity contribution in [3.63, 3.8) is 0 Å². The molecule has 1 saturated heterocycles. The third kappa shape index (κ3) is 5.49. The lowest BCUT2D eigenvalue weighted by Gasteiger charge is -2.16. The molecule has 0 spiro atoms. The second kappa shape index (κ2) is 10.7. The van der Waals surface area contributed by atoms with Crippen molar-refractivity contribution in [3.8, 4) is 23.0 Å². The summed E-state index contributed by atoms with van der Waals surface area (Å²) in [6.07, 6.45) is 2.27. The molecule has 8 nitrogen and oxygen atoms in total. The first-order valence-electron chi connectivity index (χ1n) is 9.56. The predicted molar refractivity (Wildman–Crippen MR) is 122 cm³/mol. The van der Waals surface area contributed by atoms with E-state index in [-0.39, 0.29) is 5.91 Å². The number of ether oxygens (including phenoxy) is 4. The molecule has 31 heavy (non-hydrogen) atoms. The zero-order valence-corrected chi connectivity index (χ0v) is 18.8. The Balaban J connectivity index is 1.68. The number of nitrogens with zero attached hydrogens (tertiary/aromatic N) is 3. The maximum atomic E-state index is 12.3. The number of thioether (sulfide) groups is 1. The van der Waals surface area contributed by atoms with Gasteiger partial charge in [-0.05, 0) is 47.9 Å². The van der Waals surface area contributed by atoms with Crippen molar-refractivity contribution in [2.24, 2.45) is 10.2 Å². The molecule has 0 atom stereocenters. The van der Waals surface area contributed by atoms with Crippen molar-refractivity contribution in [2.45, 2.75) is 6.42 Å². The number of hydrogen-bond acceptors (Lipinski definition) is 8. The van der Waals surface area contributed by atoms with Crippen LogP contribution in [0.25, 0.3) is 0 Å². The molecule has 2 aromatic rings. The Kier molecular flexibility index (Phi) is 7.77. The highest BCUT2D eigenvalue weighted by atomic mass is 32.2. The Morgan fingerprint density at radius 3 is 2.26 bits per heavy atom. The average Bonchev–Trinajstić information content (AvgIpc) is 3.16. The number of hydrogen-bond donors (Lipinski definition) is 0. The van der Waals surface area contributed by atoms with Crippen molar-refractivity contribution in [1.82, 2.24) is 4.90 Å². The first-order chi connectivity index (χ1) is 15.1. The molecule has 1 fully saturated rings. The Labute approximate surface area is 185 Å². The van der Waals surface area contributed by atoms with Crippen molar-refractivity contribution in [3.05, 3.63) is 47.5 Å². The topological polar surface area (TPSA) is 82.0 Å². The molecule has 0 aromatic heterocycles. The van der Waals surface area contributed by atoms with Crippen LogP contribution in [-0.4, -0.2) is 62.9 Å². The first kappa shape index (κ1) is 22.5. The molecule has 1 amide bonds. The molecule has 1 heterocycles. The van der Waals surface area contributed by atoms with E-state index in [0.717, 1.165) is 11.1 Å². The van der Waals surface area contributed by atoms with Gasteiger partial charge >= 0.3 is 0 Å². The second-order valence-corrected chi connectivity index (χ2v) is 7.46. The van der Waals surface area contributed by atoms with Gasteiger partial charge in [0.15, 0.2) is 28.2 Å². The lowest BCUT2D eigenvalue weighted by Crippen LogP contribution is -2.31. The summed E-state index contributed by atoms with van der Waals surface area (Å²) in [6, 6.07) is 11.2. The van der Waals surface area contributed by atoms with Gasteiger partial charge in [-0.1, -0.05) is 17.8 Å². The highest BCUT2D eigenvalue weighted by molar-refractivity contribution is 8.15. The number of amides is 1. The quantitative estimate of drug-likeness (QED) is 0.437. The fourth-order valence-corrected chi connectivity index (χ4v) is 3.91. The fraction of sp³-hybridized carbons (Fsp3) is 0.318. The minimum atomic E-state index is 0.0190. The lowest BCUT2D eigenvalue weighted by molar-refractivity contribution is -0.124. The van der Waals surface area contributed by atoms with Crippen molar-refractivity contribution >= 4 is 29.1 Å². The minimum absolute atomic E-state index is 0.0190. The highest BCUT2D eigenvalue weighted by Crippen LogP contribution is 2.29. The van der Waals surface area contributed by atoms with E-state index in [2.05, 4.69) is 10.2 Å². The highest BCUT2D eigenvalue weighted by Gasteiger charge is 2.28. The van der Waals surface area contributed by atoms with E-state index in [1.165, 1.54) is 11.8 Å². The summed E-state index contributed by atoms with van der Waals surface area (Å²) in [4.78, 5) is 14.0. The third-order valence-electron chi connectivity index (χ3n) is 4.69. The van der Waals surface area contributed by atoms with Crippen LogP contribution in [0.15, 0.2) is 46.6 Å². The van der Waals surface area contributed by atoms with E-state index in [0.29, 0.717) is 46.9 Å². The van der Waals surface area contributed by atoms with Crippen LogP contribution in [0.1, 0.15) is 11.1 Å². The van der Waals surface area contributed by atoms with Gasteiger partial charge in [-0.2, -0.15) is 5.10 Å². The predicted octanol–water partition coefficient (Wildman–Crippen LogP) is 3.23. The standard InChI is InChI=1S/C22H25N3O5S/c1-27-17-7-5-15(11-19(17)29-3)9-10-25-21(26)14-31-22(25)24-23-13-16-6-8-18(28-2)20(12-16)30-4/h5-8,11-13H,9-10,14H2,1-4H3/b23-13+,24-22+. The molecule has 0 aliphatic carbocycles. The van der Waals surface area contributed by atoms with E-state index in [1.54, 1.807) is 45.6 Å². The molecular weight excluding hydrogens is 418 g/mol. The van der Waals surface area contributed by atoms with Gasteiger partial charge in [0.25, 0.3) is 0 Å². The normalized spacial score (nSPS) is 15.0. The summed E-state index contributed by atoms with van der Waals surface area (Å²) >= 11 is 1.38. The smallest absolute Gasteiger partial charge is 0.239 e. The van der Waals surface area contributed by atoms with Gasteiger partial charge in [0.05, 0.1) is 40.4 Å². The minimum Gasteiger partial charge on any atom is -0.493 e. The van der Waals surface area contributed by atoms with Gasteiger partial charge < -0.3 is 18.9 Å². The number of carbonyl (C=O) groups is 1. The molecule has 1 aliphatic heterocycles. The lowest BCUT2D eigenvalue weighted by atomic mass is 10.1. The molecule has 164 valence electrons. The van der Waals surface area contributed by atoms with Crippen LogP contribution >= 0.6 is 11.8 Å². The van der Waals surface area contributed by atoms with E-state index < -0.39 is 0 Å².